The number of rotatable bonds is 69. The van der Waals surface area contributed by atoms with Gasteiger partial charge in [-0.1, -0.05) is 354 Å². The van der Waals surface area contributed by atoms with Crippen molar-refractivity contribution < 1.29 is 32.9 Å². The highest BCUT2D eigenvalue weighted by Crippen LogP contribution is 2.38. The number of unbranched alkanes of at least 4 members (excludes halogenated alkanes) is 40. The van der Waals surface area contributed by atoms with E-state index in [4.69, 9.17) is 9.05 Å². The van der Waals surface area contributed by atoms with Crippen LogP contribution in [0.3, 0.4) is 0 Å². The number of phosphoric ester groups is 1. The summed E-state index contributed by atoms with van der Waals surface area (Å²) in [5.41, 5.74) is 0. The van der Waals surface area contributed by atoms with E-state index in [9.17, 15) is 19.4 Å². The molecule has 0 aromatic carbocycles. The Balaban J connectivity index is 4.08. The van der Waals surface area contributed by atoms with Crippen LogP contribution in [-0.4, -0.2) is 68.5 Å². The molecule has 0 bridgehead atoms. The SMILES string of the molecule is CC/C=C\C/C=C\C/C=C\C/C=C\C/C=C\C/C=C\C/C=C\CCCCCCCCCCCCCCCC(=O)NC(COP(=O)([O-])OCC[N+](C)(C)C)C(O)/C=C/CC/C=C/CCCCCCCCCCCCCCCCCCCCCCCCCCCC. The van der Waals surface area contributed by atoms with Crippen LogP contribution in [0.1, 0.15) is 341 Å². The Morgan fingerprint density at radius 2 is 0.697 bits per heavy atom. The Hall–Kier alpha value is -2.84. The molecule has 2 N–H and O–H groups in total. The third kappa shape index (κ3) is 72.4. The summed E-state index contributed by atoms with van der Waals surface area (Å²) in [6.07, 6.45) is 102. The lowest BCUT2D eigenvalue weighted by atomic mass is 10.0. The van der Waals surface area contributed by atoms with Gasteiger partial charge >= 0.3 is 0 Å². The number of hydrogen-bond donors (Lipinski definition) is 2. The molecule has 0 heterocycles. The van der Waals surface area contributed by atoms with Crippen molar-refractivity contribution in [2.75, 3.05) is 40.9 Å². The molecule has 3 atom stereocenters. The lowest BCUT2D eigenvalue weighted by Crippen LogP contribution is -2.45. The van der Waals surface area contributed by atoms with Crippen molar-refractivity contribution in [2.24, 2.45) is 0 Å². The highest BCUT2D eigenvalue weighted by Gasteiger charge is 2.23. The number of nitrogens with one attached hydrogen (secondary N) is 1. The standard InChI is InChI=1S/C80H145N2O6P/c1-6-8-10-12-14-16-18-20-22-24-26-28-30-32-34-36-38-40-41-42-44-46-48-50-52-54-56-58-60-62-64-66-68-70-72-74-80(84)81-78(77-88-89(85,86)87-76-75-82(3,4)5)79(83)73-71-69-67-65-63-61-59-57-55-53-51-49-47-45-43-39-37-35-33-31-29-27-25-23-21-19-17-15-13-11-9-7-2/h8,10,14,16,20,22,26,28,32,34,38,40,42,44,63,65,71,73,78-79,83H,6-7,9,11-13,15,17-19,21,23-25,27,29-31,33,35-37,39,41,43,45-62,64,66-70,72,74-77H2,1-5H3,(H-,81,84,85,86)/b10-8-,16-14-,22-20-,28-26-,34-32-,40-38-,44-42-,65-63+,73-71+. The molecule has 0 aromatic heterocycles. The summed E-state index contributed by atoms with van der Waals surface area (Å²) in [7, 11) is 1.24. The minimum absolute atomic E-state index is 0.0102. The normalized spacial score (nSPS) is 14.2. The maximum atomic E-state index is 13.1. The van der Waals surface area contributed by atoms with Crippen LogP contribution >= 0.6 is 7.82 Å². The van der Waals surface area contributed by atoms with E-state index in [2.05, 4.69) is 116 Å². The van der Waals surface area contributed by atoms with Crippen LogP contribution in [0.5, 0.6) is 0 Å². The summed E-state index contributed by atoms with van der Waals surface area (Å²) >= 11 is 0. The monoisotopic (exact) mass is 1260 g/mol. The molecule has 0 fully saturated rings. The first-order valence-electron chi connectivity index (χ1n) is 37.7. The van der Waals surface area contributed by atoms with Gasteiger partial charge in [-0.2, -0.15) is 0 Å². The van der Waals surface area contributed by atoms with Crippen LogP contribution in [0.2, 0.25) is 0 Å². The fraction of sp³-hybridized carbons (Fsp3) is 0.762. The van der Waals surface area contributed by atoms with Gasteiger partial charge in [0.25, 0.3) is 7.82 Å². The zero-order valence-corrected chi connectivity index (χ0v) is 60.0. The Labute approximate surface area is 552 Å². The number of aliphatic hydroxyl groups excluding tert-OH is 1. The molecule has 0 aliphatic rings. The molecule has 1 amide bonds. The second-order valence-corrected chi connectivity index (χ2v) is 28.0. The van der Waals surface area contributed by atoms with Crippen molar-refractivity contribution in [3.8, 4) is 0 Å². The smallest absolute Gasteiger partial charge is 0.268 e. The van der Waals surface area contributed by atoms with E-state index in [1.54, 1.807) is 6.08 Å². The average molecular weight is 1260 g/mol. The van der Waals surface area contributed by atoms with Crippen LogP contribution in [0.25, 0.3) is 0 Å². The number of phosphoric acid groups is 1. The van der Waals surface area contributed by atoms with Crippen molar-refractivity contribution in [3.05, 3.63) is 109 Å². The first kappa shape index (κ1) is 86.2. The molecule has 3 unspecified atom stereocenters. The van der Waals surface area contributed by atoms with E-state index in [-0.39, 0.29) is 12.5 Å². The molecular formula is C80H145N2O6P. The predicted molar refractivity (Wildman–Crippen MR) is 389 cm³/mol. The Kier molecular flexibility index (Phi) is 67.3. The Morgan fingerprint density at radius 3 is 1.04 bits per heavy atom. The molecule has 9 heteroatoms. The zero-order chi connectivity index (χ0) is 64.8. The molecular weight excluding hydrogens is 1120 g/mol. The van der Waals surface area contributed by atoms with Gasteiger partial charge in [0.05, 0.1) is 39.9 Å². The van der Waals surface area contributed by atoms with Crippen molar-refractivity contribution >= 4 is 13.7 Å². The van der Waals surface area contributed by atoms with Crippen molar-refractivity contribution in [3.63, 3.8) is 0 Å². The van der Waals surface area contributed by atoms with Crippen molar-refractivity contribution in [1.82, 2.24) is 5.32 Å². The molecule has 0 rings (SSSR count). The molecule has 8 nitrogen and oxygen atoms in total. The number of nitrogens with zero attached hydrogens (tertiary/aromatic N) is 1. The van der Waals surface area contributed by atoms with E-state index in [1.807, 2.05) is 27.2 Å². The minimum atomic E-state index is -4.62. The number of quaternary nitrogens is 1. The number of allylic oxidation sites excluding steroid dienone is 17. The summed E-state index contributed by atoms with van der Waals surface area (Å²) in [6.45, 7) is 4.55. The lowest BCUT2D eigenvalue weighted by molar-refractivity contribution is -0.870. The van der Waals surface area contributed by atoms with E-state index < -0.39 is 26.6 Å². The van der Waals surface area contributed by atoms with Crippen molar-refractivity contribution in [2.45, 2.75) is 353 Å². The van der Waals surface area contributed by atoms with Gasteiger partial charge in [0, 0.05) is 6.42 Å². The number of likely N-dealkylation sites (N-methyl/N-ethyl adjacent to an activating group) is 1. The largest absolute Gasteiger partial charge is 0.756 e. The van der Waals surface area contributed by atoms with Gasteiger partial charge in [-0.15, -0.1) is 0 Å². The number of carbonyl (C=O) groups is 1. The predicted octanol–water partition coefficient (Wildman–Crippen LogP) is 24.0. The second kappa shape index (κ2) is 69.5. The third-order valence-electron chi connectivity index (χ3n) is 16.7. The molecule has 0 spiro atoms. The van der Waals surface area contributed by atoms with Gasteiger partial charge < -0.3 is 28.8 Å². The Morgan fingerprint density at radius 1 is 0.404 bits per heavy atom. The summed E-state index contributed by atoms with van der Waals surface area (Å²) in [4.78, 5) is 25.7. The third-order valence-corrected chi connectivity index (χ3v) is 17.7. The summed E-state index contributed by atoms with van der Waals surface area (Å²) in [5, 5.41) is 14.0. The number of carbonyl (C=O) groups excluding carboxylic acids is 1. The maximum absolute atomic E-state index is 13.1. The average Bonchev–Trinajstić information content (AvgIpc) is 3.64. The maximum Gasteiger partial charge on any atom is 0.268 e. The van der Waals surface area contributed by atoms with Crippen molar-refractivity contribution in [1.29, 1.82) is 0 Å². The van der Waals surface area contributed by atoms with Crippen LogP contribution in [0.4, 0.5) is 0 Å². The summed E-state index contributed by atoms with van der Waals surface area (Å²) in [6, 6.07) is -0.913. The summed E-state index contributed by atoms with van der Waals surface area (Å²) in [5.74, 6) is -0.208. The van der Waals surface area contributed by atoms with Crippen LogP contribution in [0.15, 0.2) is 109 Å². The molecule has 0 saturated heterocycles. The Bertz CT molecular complexity index is 1820. The van der Waals surface area contributed by atoms with Gasteiger partial charge in [-0.25, -0.2) is 0 Å². The molecule has 89 heavy (non-hydrogen) atoms. The van der Waals surface area contributed by atoms with E-state index in [0.717, 1.165) is 83.5 Å². The number of aliphatic hydroxyl groups is 1. The zero-order valence-electron chi connectivity index (χ0n) is 59.1. The number of amides is 1. The van der Waals surface area contributed by atoms with Gasteiger partial charge in [-0.05, 0) is 89.9 Å². The first-order chi connectivity index (χ1) is 43.5. The van der Waals surface area contributed by atoms with E-state index in [0.29, 0.717) is 17.4 Å². The fourth-order valence-corrected chi connectivity index (χ4v) is 11.6. The second-order valence-electron chi connectivity index (χ2n) is 26.6. The molecule has 0 aliphatic heterocycles. The fourth-order valence-electron chi connectivity index (χ4n) is 10.9. The van der Waals surface area contributed by atoms with Gasteiger partial charge in [0.1, 0.15) is 13.2 Å². The molecule has 0 aromatic rings. The molecule has 0 saturated carbocycles. The van der Waals surface area contributed by atoms with Gasteiger partial charge in [0.15, 0.2) is 0 Å². The number of hydrogen-bond acceptors (Lipinski definition) is 6. The van der Waals surface area contributed by atoms with E-state index in [1.165, 1.54) is 238 Å². The van der Waals surface area contributed by atoms with Gasteiger partial charge in [0.2, 0.25) is 5.91 Å². The lowest BCUT2D eigenvalue weighted by Gasteiger charge is -2.29. The van der Waals surface area contributed by atoms with E-state index >= 15 is 0 Å². The quantitative estimate of drug-likeness (QED) is 0.0272. The topological polar surface area (TPSA) is 108 Å². The highest BCUT2D eigenvalue weighted by atomic mass is 31.2. The summed E-state index contributed by atoms with van der Waals surface area (Å²) < 4.78 is 23.5. The van der Waals surface area contributed by atoms with Crippen LogP contribution in [0, 0.1) is 0 Å². The minimum Gasteiger partial charge on any atom is -0.756 e. The molecule has 516 valence electrons. The molecule has 0 radical (unpaired) electrons. The van der Waals surface area contributed by atoms with Crippen LogP contribution in [-0.2, 0) is 18.4 Å². The highest BCUT2D eigenvalue weighted by molar-refractivity contribution is 7.45. The van der Waals surface area contributed by atoms with Gasteiger partial charge in [-0.3, -0.25) is 9.36 Å². The van der Waals surface area contributed by atoms with Crippen LogP contribution < -0.4 is 10.2 Å². The first-order valence-corrected chi connectivity index (χ1v) is 39.2. The molecule has 0 aliphatic carbocycles.